The molecule has 0 N–H and O–H groups in total. The van der Waals surface area contributed by atoms with E-state index < -0.39 is 16.8 Å². The van der Waals surface area contributed by atoms with E-state index in [1.54, 1.807) is 53.5 Å². The fourth-order valence-electron chi connectivity index (χ4n) is 2.30. The van der Waals surface area contributed by atoms with Crippen LogP contribution in [0.15, 0.2) is 67.0 Å². The Balaban J connectivity index is 1.78. The van der Waals surface area contributed by atoms with Crippen molar-refractivity contribution in [3.63, 3.8) is 0 Å². The van der Waals surface area contributed by atoms with Crippen molar-refractivity contribution in [2.45, 2.75) is 5.75 Å². The molecule has 0 spiro atoms. The molecule has 122 valence electrons. The minimum absolute atomic E-state index is 0.413. The Kier molecular flexibility index (Phi) is 4.86. The second-order valence-corrected chi connectivity index (χ2v) is 6.69. The van der Waals surface area contributed by atoms with Crippen LogP contribution < -0.4 is 4.74 Å². The summed E-state index contributed by atoms with van der Waals surface area (Å²) in [6.45, 7) is 0. The molecule has 0 saturated carbocycles. The minimum atomic E-state index is -0.958. The molecule has 1 aromatic heterocycles. The number of esters is 1. The van der Waals surface area contributed by atoms with Gasteiger partial charge in [-0.1, -0.05) is 18.2 Å². The molecule has 0 saturated heterocycles. The third kappa shape index (κ3) is 3.97. The van der Waals surface area contributed by atoms with Gasteiger partial charge in [-0.05, 0) is 35.9 Å². The van der Waals surface area contributed by atoms with Gasteiger partial charge in [-0.15, -0.1) is 0 Å². The number of hydrogen-bond acceptors (Lipinski definition) is 4. The fourth-order valence-corrected chi connectivity index (χ4v) is 2.95. The maximum Gasteiger partial charge on any atom is 0.343 e. The monoisotopic (exact) mass is 340 g/mol. The summed E-state index contributed by atoms with van der Waals surface area (Å²) in [5, 5.41) is 4.15. The summed E-state index contributed by atoms with van der Waals surface area (Å²) in [6.07, 6.45) is 5.13. The van der Waals surface area contributed by atoms with E-state index in [9.17, 15) is 9.00 Å². The van der Waals surface area contributed by atoms with Crippen LogP contribution in [0.5, 0.6) is 5.75 Å². The van der Waals surface area contributed by atoms with Crippen molar-refractivity contribution >= 4 is 16.8 Å². The number of carbonyl (C=O) groups excluding carboxylic acids is 1. The predicted octanol–water partition coefficient (Wildman–Crippen LogP) is 2.97. The van der Waals surface area contributed by atoms with E-state index in [0.29, 0.717) is 17.1 Å². The SMILES string of the molecule is C[S@](=O)Cc1cccc(C(=O)Oc2cccc(-n3cccn3)c2)c1. The molecule has 0 fully saturated rings. The third-order valence-electron chi connectivity index (χ3n) is 3.33. The number of aromatic nitrogens is 2. The lowest BCUT2D eigenvalue weighted by Crippen LogP contribution is -2.09. The van der Waals surface area contributed by atoms with E-state index in [4.69, 9.17) is 4.74 Å². The lowest BCUT2D eigenvalue weighted by atomic mass is 10.1. The highest BCUT2D eigenvalue weighted by Crippen LogP contribution is 2.18. The first-order valence-corrected chi connectivity index (χ1v) is 9.06. The van der Waals surface area contributed by atoms with Gasteiger partial charge in [0.1, 0.15) is 5.75 Å². The van der Waals surface area contributed by atoms with Crippen molar-refractivity contribution < 1.29 is 13.7 Å². The Morgan fingerprint density at radius 1 is 1.17 bits per heavy atom. The molecule has 0 bridgehead atoms. The zero-order valence-electron chi connectivity index (χ0n) is 13.1. The topological polar surface area (TPSA) is 61.2 Å². The van der Waals surface area contributed by atoms with E-state index >= 15 is 0 Å². The first kappa shape index (κ1) is 16.1. The molecule has 0 aliphatic rings. The minimum Gasteiger partial charge on any atom is -0.423 e. The highest BCUT2D eigenvalue weighted by atomic mass is 32.2. The van der Waals surface area contributed by atoms with Crippen LogP contribution in [0.4, 0.5) is 0 Å². The second kappa shape index (κ2) is 7.23. The average Bonchev–Trinajstić information content (AvgIpc) is 3.09. The van der Waals surface area contributed by atoms with Gasteiger partial charge >= 0.3 is 5.97 Å². The molecule has 3 rings (SSSR count). The number of nitrogens with zero attached hydrogens (tertiary/aromatic N) is 2. The summed E-state index contributed by atoms with van der Waals surface area (Å²) >= 11 is 0. The lowest BCUT2D eigenvalue weighted by molar-refractivity contribution is 0.0734. The molecular formula is C18H16N2O3S. The van der Waals surface area contributed by atoms with Gasteiger partial charge in [0, 0.05) is 41.3 Å². The number of hydrogen-bond donors (Lipinski definition) is 0. The zero-order chi connectivity index (χ0) is 16.9. The van der Waals surface area contributed by atoms with Crippen LogP contribution in [0, 0.1) is 0 Å². The quantitative estimate of drug-likeness (QED) is 0.529. The Labute approximate surface area is 142 Å². The van der Waals surface area contributed by atoms with E-state index in [2.05, 4.69) is 5.10 Å². The lowest BCUT2D eigenvalue weighted by Gasteiger charge is -2.08. The van der Waals surface area contributed by atoms with Crippen LogP contribution in [0.2, 0.25) is 0 Å². The summed E-state index contributed by atoms with van der Waals surface area (Å²) in [5.74, 6) is 0.407. The largest absolute Gasteiger partial charge is 0.423 e. The molecule has 24 heavy (non-hydrogen) atoms. The van der Waals surface area contributed by atoms with Gasteiger partial charge in [0.25, 0.3) is 0 Å². The Morgan fingerprint density at radius 2 is 2.00 bits per heavy atom. The van der Waals surface area contributed by atoms with Crippen LogP contribution in [0.3, 0.4) is 0 Å². The summed E-state index contributed by atoms with van der Waals surface area (Å²) in [4.78, 5) is 12.3. The van der Waals surface area contributed by atoms with Crippen LogP contribution in [0.1, 0.15) is 15.9 Å². The number of rotatable bonds is 5. The van der Waals surface area contributed by atoms with Crippen molar-refractivity contribution in [2.75, 3.05) is 6.26 Å². The Hall–Kier alpha value is -2.73. The number of carbonyl (C=O) groups is 1. The van der Waals surface area contributed by atoms with Gasteiger partial charge in [0.15, 0.2) is 0 Å². The molecule has 0 amide bonds. The maximum atomic E-state index is 12.3. The molecule has 1 atom stereocenters. The summed E-state index contributed by atoms with van der Waals surface area (Å²) in [5.41, 5.74) is 2.08. The van der Waals surface area contributed by atoms with Gasteiger partial charge < -0.3 is 4.74 Å². The highest BCUT2D eigenvalue weighted by Gasteiger charge is 2.10. The van der Waals surface area contributed by atoms with Crippen LogP contribution in [-0.4, -0.2) is 26.2 Å². The molecule has 0 radical (unpaired) electrons. The average molecular weight is 340 g/mol. The van der Waals surface area contributed by atoms with E-state index in [1.807, 2.05) is 24.4 Å². The Bertz CT molecular complexity index is 875. The van der Waals surface area contributed by atoms with Gasteiger partial charge in [-0.2, -0.15) is 5.10 Å². The van der Waals surface area contributed by atoms with E-state index in [-0.39, 0.29) is 0 Å². The third-order valence-corrected chi connectivity index (χ3v) is 4.07. The normalized spacial score (nSPS) is 11.9. The standard InChI is InChI=1S/C18H16N2O3S/c1-24(22)13-14-5-2-6-15(11-14)18(21)23-17-8-3-7-16(12-17)20-10-4-9-19-20/h2-12H,13H2,1H3/t24-/m0/s1. The van der Waals surface area contributed by atoms with Gasteiger partial charge in [-0.3, -0.25) is 4.21 Å². The van der Waals surface area contributed by atoms with Gasteiger partial charge in [-0.25, -0.2) is 9.48 Å². The van der Waals surface area contributed by atoms with Gasteiger partial charge in [0.2, 0.25) is 0 Å². The van der Waals surface area contributed by atoms with Crippen LogP contribution in [0.25, 0.3) is 5.69 Å². The number of ether oxygens (including phenoxy) is 1. The van der Waals surface area contributed by atoms with Crippen molar-refractivity contribution in [1.29, 1.82) is 0 Å². The first-order valence-electron chi connectivity index (χ1n) is 7.33. The molecular weight excluding hydrogens is 324 g/mol. The molecule has 5 nitrogen and oxygen atoms in total. The van der Waals surface area contributed by atoms with Crippen molar-refractivity contribution in [3.05, 3.63) is 78.1 Å². The molecule has 0 aliphatic carbocycles. The molecule has 6 heteroatoms. The second-order valence-electron chi connectivity index (χ2n) is 5.26. The van der Waals surface area contributed by atoms with E-state index in [1.165, 1.54) is 0 Å². The van der Waals surface area contributed by atoms with Crippen molar-refractivity contribution in [1.82, 2.24) is 9.78 Å². The first-order chi connectivity index (χ1) is 11.6. The molecule has 3 aromatic rings. The molecule has 0 aliphatic heterocycles. The fraction of sp³-hybridized carbons (Fsp3) is 0.111. The maximum absolute atomic E-state index is 12.3. The van der Waals surface area contributed by atoms with Crippen LogP contribution in [-0.2, 0) is 16.6 Å². The van der Waals surface area contributed by atoms with E-state index in [0.717, 1.165) is 11.3 Å². The highest BCUT2D eigenvalue weighted by molar-refractivity contribution is 7.83. The van der Waals surface area contributed by atoms with Gasteiger partial charge in [0.05, 0.1) is 11.3 Å². The van der Waals surface area contributed by atoms with Crippen LogP contribution >= 0.6 is 0 Å². The summed E-state index contributed by atoms with van der Waals surface area (Å²) in [6, 6.07) is 16.0. The summed E-state index contributed by atoms with van der Waals surface area (Å²) < 4.78 is 18.5. The predicted molar refractivity (Wildman–Crippen MR) is 92.7 cm³/mol. The molecule has 0 unspecified atom stereocenters. The van der Waals surface area contributed by atoms with Crippen molar-refractivity contribution in [2.24, 2.45) is 0 Å². The number of benzene rings is 2. The Morgan fingerprint density at radius 3 is 2.75 bits per heavy atom. The smallest absolute Gasteiger partial charge is 0.343 e. The molecule has 1 heterocycles. The summed E-state index contributed by atoms with van der Waals surface area (Å²) in [7, 11) is -0.958. The van der Waals surface area contributed by atoms with Crippen molar-refractivity contribution in [3.8, 4) is 11.4 Å². The molecule has 2 aromatic carbocycles. The zero-order valence-corrected chi connectivity index (χ0v) is 13.9.